The van der Waals surface area contributed by atoms with Crippen LogP contribution in [-0.2, 0) is 4.74 Å². The summed E-state index contributed by atoms with van der Waals surface area (Å²) in [7, 11) is 1.33. The van der Waals surface area contributed by atoms with Crippen LogP contribution in [0.2, 0.25) is 0 Å². The first-order valence-electron chi connectivity index (χ1n) is 8.44. The van der Waals surface area contributed by atoms with Crippen LogP contribution in [0.1, 0.15) is 47.2 Å². The first-order valence-corrected chi connectivity index (χ1v) is 8.44. The van der Waals surface area contributed by atoms with Gasteiger partial charge in [-0.15, -0.1) is 0 Å². The molecule has 0 unspecified atom stereocenters. The van der Waals surface area contributed by atoms with Crippen LogP contribution in [0.3, 0.4) is 0 Å². The number of furan rings is 1. The Hall–Kier alpha value is -2.34. The number of methoxy groups -OCH3 is 1. The van der Waals surface area contributed by atoms with Crippen LogP contribution in [0.5, 0.6) is 5.75 Å². The van der Waals surface area contributed by atoms with Gasteiger partial charge in [-0.25, -0.2) is 4.79 Å². The summed E-state index contributed by atoms with van der Waals surface area (Å²) < 4.78 is 16.3. The number of fused-ring (bicyclic) bond motifs is 1. The van der Waals surface area contributed by atoms with Crippen molar-refractivity contribution in [2.24, 2.45) is 0 Å². The van der Waals surface area contributed by atoms with Gasteiger partial charge in [-0.2, -0.15) is 0 Å². The third kappa shape index (κ3) is 4.02. The van der Waals surface area contributed by atoms with Crippen molar-refractivity contribution in [3.8, 4) is 5.75 Å². The highest BCUT2D eigenvalue weighted by atomic mass is 16.5. The molecular formula is C19H25NO5. The molecule has 0 N–H and O–H groups in total. The molecule has 6 nitrogen and oxygen atoms in total. The van der Waals surface area contributed by atoms with E-state index in [1.165, 1.54) is 14.0 Å². The van der Waals surface area contributed by atoms with Gasteiger partial charge < -0.3 is 18.8 Å². The molecule has 136 valence electrons. The average Bonchev–Trinajstić information content (AvgIpc) is 2.92. The molecule has 0 aliphatic carbocycles. The minimum Gasteiger partial charge on any atom is -0.491 e. The Bertz CT molecular complexity index is 774. The number of hydrogen-bond acceptors (Lipinski definition) is 6. The highest BCUT2D eigenvalue weighted by molar-refractivity contribution is 6.08. The summed E-state index contributed by atoms with van der Waals surface area (Å²) in [6.45, 7) is 10.4. The summed E-state index contributed by atoms with van der Waals surface area (Å²) in [5.41, 5.74) is 1.28. The summed E-state index contributed by atoms with van der Waals surface area (Å²) in [4.78, 5) is 26.2. The highest BCUT2D eigenvalue weighted by Crippen LogP contribution is 2.32. The molecule has 1 aromatic carbocycles. The minimum absolute atomic E-state index is 0.117. The van der Waals surface area contributed by atoms with E-state index in [1.807, 2.05) is 0 Å². The molecule has 0 aliphatic heterocycles. The zero-order valence-corrected chi connectivity index (χ0v) is 15.5. The number of hydrogen-bond donors (Lipinski definition) is 0. The molecule has 0 aliphatic rings. The SMILES string of the molecule is CCN(CC)CCOc1cc2c(C(=O)OC)c(C)oc2cc1C(C)=O. The number of likely N-dealkylation sites (N-methyl/N-ethyl adjacent to an activating group) is 1. The molecule has 0 amide bonds. The molecule has 0 spiro atoms. The van der Waals surface area contributed by atoms with Gasteiger partial charge in [0.1, 0.15) is 29.3 Å². The molecule has 0 radical (unpaired) electrons. The van der Waals surface area contributed by atoms with E-state index in [-0.39, 0.29) is 5.78 Å². The molecule has 2 aromatic rings. The quantitative estimate of drug-likeness (QED) is 0.538. The lowest BCUT2D eigenvalue weighted by Gasteiger charge is -2.18. The van der Waals surface area contributed by atoms with E-state index in [0.29, 0.717) is 40.2 Å². The van der Waals surface area contributed by atoms with Crippen molar-refractivity contribution in [3.63, 3.8) is 0 Å². The first-order chi connectivity index (χ1) is 11.9. The molecule has 0 atom stereocenters. The number of esters is 1. The van der Waals surface area contributed by atoms with Crippen LogP contribution in [-0.4, -0.2) is 50.0 Å². The molecule has 25 heavy (non-hydrogen) atoms. The fourth-order valence-corrected chi connectivity index (χ4v) is 2.82. The maximum atomic E-state index is 12.0. The van der Waals surface area contributed by atoms with Crippen LogP contribution in [0, 0.1) is 6.92 Å². The number of aryl methyl sites for hydroxylation is 1. The lowest BCUT2D eigenvalue weighted by atomic mass is 10.1. The molecule has 1 aromatic heterocycles. The van der Waals surface area contributed by atoms with Gasteiger partial charge in [0.2, 0.25) is 0 Å². The number of Topliss-reactive ketones (excluding diaryl/α,β-unsaturated/α-hetero) is 1. The molecule has 0 saturated carbocycles. The first kappa shape index (κ1) is 19.0. The topological polar surface area (TPSA) is 69.0 Å². The number of carbonyl (C=O) groups excluding carboxylic acids is 2. The van der Waals surface area contributed by atoms with Gasteiger partial charge >= 0.3 is 5.97 Å². The van der Waals surface area contributed by atoms with Crippen molar-refractivity contribution in [2.75, 3.05) is 33.4 Å². The van der Waals surface area contributed by atoms with Crippen molar-refractivity contribution in [1.82, 2.24) is 4.90 Å². The van der Waals surface area contributed by atoms with Gasteiger partial charge in [0.15, 0.2) is 5.78 Å². The van der Waals surface area contributed by atoms with Crippen LogP contribution in [0.4, 0.5) is 0 Å². The Kier molecular flexibility index (Phi) is 6.20. The third-order valence-corrected chi connectivity index (χ3v) is 4.29. The maximum Gasteiger partial charge on any atom is 0.342 e. The number of ketones is 1. The largest absolute Gasteiger partial charge is 0.491 e. The van der Waals surface area contributed by atoms with Gasteiger partial charge in [0.25, 0.3) is 0 Å². The minimum atomic E-state index is -0.471. The van der Waals surface area contributed by atoms with Crippen molar-refractivity contribution >= 4 is 22.7 Å². The van der Waals surface area contributed by atoms with Crippen molar-refractivity contribution in [3.05, 3.63) is 29.0 Å². The van der Waals surface area contributed by atoms with Crippen molar-refractivity contribution in [1.29, 1.82) is 0 Å². The van der Waals surface area contributed by atoms with Crippen LogP contribution in [0.15, 0.2) is 16.5 Å². The number of carbonyl (C=O) groups is 2. The molecule has 6 heteroatoms. The molecule has 2 rings (SSSR count). The van der Waals surface area contributed by atoms with Crippen molar-refractivity contribution in [2.45, 2.75) is 27.7 Å². The lowest BCUT2D eigenvalue weighted by molar-refractivity contribution is 0.0600. The van der Waals surface area contributed by atoms with Gasteiger partial charge in [-0.3, -0.25) is 4.79 Å². The highest BCUT2D eigenvalue weighted by Gasteiger charge is 2.22. The van der Waals surface area contributed by atoms with E-state index in [4.69, 9.17) is 13.9 Å². The predicted molar refractivity (Wildman–Crippen MR) is 95.6 cm³/mol. The monoisotopic (exact) mass is 347 g/mol. The number of ether oxygens (including phenoxy) is 2. The fourth-order valence-electron chi connectivity index (χ4n) is 2.82. The molecule has 1 heterocycles. The second-order valence-corrected chi connectivity index (χ2v) is 5.80. The van der Waals surface area contributed by atoms with Crippen LogP contribution >= 0.6 is 0 Å². The standard InChI is InChI=1S/C19H25NO5/c1-6-20(7-2)8-9-24-16-11-15-17(10-14(16)12(3)21)25-13(4)18(15)19(22)23-5/h10-11H,6-9H2,1-5H3. The summed E-state index contributed by atoms with van der Waals surface area (Å²) in [6, 6.07) is 3.32. The normalized spacial score (nSPS) is 11.1. The zero-order chi connectivity index (χ0) is 18.6. The average molecular weight is 347 g/mol. The molecule has 0 bridgehead atoms. The van der Waals surface area contributed by atoms with Gasteiger partial charge in [-0.05, 0) is 39.1 Å². The van der Waals surface area contributed by atoms with E-state index in [9.17, 15) is 9.59 Å². The van der Waals surface area contributed by atoms with E-state index < -0.39 is 5.97 Å². The molecular weight excluding hydrogens is 322 g/mol. The van der Waals surface area contributed by atoms with Gasteiger partial charge in [-0.1, -0.05) is 13.8 Å². The second-order valence-electron chi connectivity index (χ2n) is 5.80. The third-order valence-electron chi connectivity index (χ3n) is 4.29. The van der Waals surface area contributed by atoms with E-state index in [2.05, 4.69) is 18.7 Å². The second kappa shape index (κ2) is 8.16. The smallest absolute Gasteiger partial charge is 0.342 e. The van der Waals surface area contributed by atoms with E-state index in [0.717, 1.165) is 19.6 Å². The Morgan fingerprint density at radius 1 is 1.20 bits per heavy atom. The summed E-state index contributed by atoms with van der Waals surface area (Å²) in [6.07, 6.45) is 0. The van der Waals surface area contributed by atoms with E-state index >= 15 is 0 Å². The predicted octanol–water partition coefficient (Wildman–Crippen LogP) is 3.45. The van der Waals surface area contributed by atoms with Crippen LogP contribution < -0.4 is 4.74 Å². The summed E-state index contributed by atoms with van der Waals surface area (Å²) >= 11 is 0. The van der Waals surface area contributed by atoms with Gasteiger partial charge in [0, 0.05) is 11.9 Å². The van der Waals surface area contributed by atoms with E-state index in [1.54, 1.807) is 19.1 Å². The Balaban J connectivity index is 2.41. The molecule has 0 fully saturated rings. The number of rotatable bonds is 8. The zero-order valence-electron chi connectivity index (χ0n) is 15.5. The van der Waals surface area contributed by atoms with Gasteiger partial charge in [0.05, 0.1) is 12.7 Å². The Morgan fingerprint density at radius 2 is 1.88 bits per heavy atom. The number of benzene rings is 1. The Labute approximate surface area is 147 Å². The lowest BCUT2D eigenvalue weighted by Crippen LogP contribution is -2.28. The summed E-state index contributed by atoms with van der Waals surface area (Å²) in [5.74, 6) is 0.323. The number of nitrogens with zero attached hydrogens (tertiary/aromatic N) is 1. The fraction of sp³-hybridized carbons (Fsp3) is 0.474. The van der Waals surface area contributed by atoms with Crippen LogP contribution in [0.25, 0.3) is 11.0 Å². The van der Waals surface area contributed by atoms with Crippen molar-refractivity contribution < 1.29 is 23.5 Å². The summed E-state index contributed by atoms with van der Waals surface area (Å²) in [5, 5.41) is 0.590. The Morgan fingerprint density at radius 3 is 2.44 bits per heavy atom. The maximum absolute atomic E-state index is 12.0. The molecule has 0 saturated heterocycles.